The standard InChI is InChI=1S/C19H17BrN2O2/c1-24-19(23)16-7-5-14(6-8-16)13-22-10-9-21-18(22)12-15-3-2-4-17(20)11-15/h2-11H,12-13H2,1H3. The van der Waals surface area contributed by atoms with Crippen molar-refractivity contribution in [3.05, 3.63) is 87.9 Å². The molecule has 0 aliphatic carbocycles. The van der Waals surface area contributed by atoms with E-state index in [1.807, 2.05) is 36.7 Å². The maximum atomic E-state index is 11.5. The Morgan fingerprint density at radius 3 is 2.67 bits per heavy atom. The Balaban J connectivity index is 1.74. The molecule has 0 N–H and O–H groups in total. The molecule has 122 valence electrons. The quantitative estimate of drug-likeness (QED) is 0.622. The summed E-state index contributed by atoms with van der Waals surface area (Å²) in [7, 11) is 1.38. The first-order valence-electron chi connectivity index (χ1n) is 7.57. The van der Waals surface area contributed by atoms with Gasteiger partial charge in [-0.3, -0.25) is 0 Å². The smallest absolute Gasteiger partial charge is 0.337 e. The average molecular weight is 385 g/mol. The normalized spacial score (nSPS) is 10.6. The van der Waals surface area contributed by atoms with Crippen LogP contribution in [0.3, 0.4) is 0 Å². The van der Waals surface area contributed by atoms with Crippen molar-refractivity contribution >= 4 is 21.9 Å². The van der Waals surface area contributed by atoms with Crippen molar-refractivity contribution < 1.29 is 9.53 Å². The van der Waals surface area contributed by atoms with E-state index in [0.29, 0.717) is 12.1 Å². The number of imidazole rings is 1. The number of rotatable bonds is 5. The van der Waals surface area contributed by atoms with E-state index < -0.39 is 0 Å². The fraction of sp³-hybridized carbons (Fsp3) is 0.158. The van der Waals surface area contributed by atoms with E-state index in [-0.39, 0.29) is 5.97 Å². The number of hydrogen-bond donors (Lipinski definition) is 0. The van der Waals surface area contributed by atoms with Crippen molar-refractivity contribution in [1.29, 1.82) is 0 Å². The van der Waals surface area contributed by atoms with Crippen LogP contribution in [0.4, 0.5) is 0 Å². The fourth-order valence-corrected chi connectivity index (χ4v) is 2.99. The summed E-state index contributed by atoms with van der Waals surface area (Å²) < 4.78 is 7.90. The Labute approximate surface area is 149 Å². The summed E-state index contributed by atoms with van der Waals surface area (Å²) in [5, 5.41) is 0. The number of carbonyl (C=O) groups is 1. The second kappa shape index (κ2) is 7.45. The topological polar surface area (TPSA) is 44.1 Å². The predicted octanol–water partition coefficient (Wildman–Crippen LogP) is 4.07. The van der Waals surface area contributed by atoms with Crippen LogP contribution in [0.5, 0.6) is 0 Å². The predicted molar refractivity (Wildman–Crippen MR) is 96.1 cm³/mol. The molecule has 0 radical (unpaired) electrons. The van der Waals surface area contributed by atoms with Gasteiger partial charge in [-0.25, -0.2) is 9.78 Å². The first-order valence-corrected chi connectivity index (χ1v) is 8.37. The Hall–Kier alpha value is -2.40. The summed E-state index contributed by atoms with van der Waals surface area (Å²) in [6.45, 7) is 0.713. The van der Waals surface area contributed by atoms with Gasteiger partial charge < -0.3 is 9.30 Å². The second-order valence-corrected chi connectivity index (χ2v) is 6.38. The first kappa shape index (κ1) is 16.5. The number of hydrogen-bond acceptors (Lipinski definition) is 3. The lowest BCUT2D eigenvalue weighted by Gasteiger charge is -2.09. The van der Waals surface area contributed by atoms with E-state index in [1.165, 1.54) is 12.7 Å². The number of benzene rings is 2. The Kier molecular flexibility index (Phi) is 5.11. The minimum absolute atomic E-state index is 0.320. The van der Waals surface area contributed by atoms with E-state index in [2.05, 4.69) is 37.6 Å². The summed E-state index contributed by atoms with van der Waals surface area (Å²) in [5.74, 6) is 0.685. The number of aromatic nitrogens is 2. The number of halogens is 1. The van der Waals surface area contributed by atoms with Gasteiger partial charge in [-0.15, -0.1) is 0 Å². The average Bonchev–Trinajstić information content (AvgIpc) is 3.01. The molecule has 1 heterocycles. The molecular weight excluding hydrogens is 368 g/mol. The molecule has 0 spiro atoms. The molecule has 0 saturated carbocycles. The number of nitrogens with zero attached hydrogens (tertiary/aromatic N) is 2. The van der Waals surface area contributed by atoms with Crippen LogP contribution in [0.15, 0.2) is 65.4 Å². The highest BCUT2D eigenvalue weighted by molar-refractivity contribution is 9.10. The van der Waals surface area contributed by atoms with Gasteiger partial charge in [0.1, 0.15) is 5.82 Å². The zero-order chi connectivity index (χ0) is 16.9. The Morgan fingerprint density at radius 1 is 1.17 bits per heavy atom. The van der Waals surface area contributed by atoms with Crippen LogP contribution in [0.25, 0.3) is 0 Å². The van der Waals surface area contributed by atoms with Crippen LogP contribution >= 0.6 is 15.9 Å². The van der Waals surface area contributed by atoms with Crippen LogP contribution in [-0.4, -0.2) is 22.6 Å². The number of esters is 1. The summed E-state index contributed by atoms with van der Waals surface area (Å²) in [5.41, 5.74) is 2.87. The molecule has 0 fully saturated rings. The molecule has 1 aromatic heterocycles. The van der Waals surface area contributed by atoms with E-state index in [0.717, 1.165) is 22.3 Å². The van der Waals surface area contributed by atoms with Crippen molar-refractivity contribution in [3.8, 4) is 0 Å². The van der Waals surface area contributed by atoms with E-state index >= 15 is 0 Å². The SMILES string of the molecule is COC(=O)c1ccc(Cn2ccnc2Cc2cccc(Br)c2)cc1. The lowest BCUT2D eigenvalue weighted by molar-refractivity contribution is 0.0600. The molecule has 0 aliphatic rings. The maximum Gasteiger partial charge on any atom is 0.337 e. The van der Waals surface area contributed by atoms with Crippen molar-refractivity contribution in [2.75, 3.05) is 7.11 Å². The molecule has 0 saturated heterocycles. The van der Waals surface area contributed by atoms with Crippen molar-refractivity contribution in [2.45, 2.75) is 13.0 Å². The van der Waals surface area contributed by atoms with E-state index in [4.69, 9.17) is 4.74 Å². The van der Waals surface area contributed by atoms with Gasteiger partial charge in [-0.05, 0) is 35.4 Å². The summed E-state index contributed by atoms with van der Waals surface area (Å²) in [6.07, 6.45) is 4.56. The second-order valence-electron chi connectivity index (χ2n) is 5.47. The van der Waals surface area contributed by atoms with Gasteiger partial charge in [-0.1, -0.05) is 40.2 Å². The minimum Gasteiger partial charge on any atom is -0.465 e. The molecule has 24 heavy (non-hydrogen) atoms. The van der Waals surface area contributed by atoms with Crippen LogP contribution < -0.4 is 0 Å². The van der Waals surface area contributed by atoms with E-state index in [1.54, 1.807) is 12.1 Å². The molecule has 3 aromatic rings. The number of methoxy groups -OCH3 is 1. The Bertz CT molecular complexity index is 841. The maximum absolute atomic E-state index is 11.5. The Morgan fingerprint density at radius 2 is 1.96 bits per heavy atom. The van der Waals surface area contributed by atoms with Crippen LogP contribution in [-0.2, 0) is 17.7 Å². The first-order chi connectivity index (χ1) is 11.7. The van der Waals surface area contributed by atoms with Gasteiger partial charge in [0.25, 0.3) is 0 Å². The lowest BCUT2D eigenvalue weighted by Crippen LogP contribution is -2.06. The third kappa shape index (κ3) is 3.92. The van der Waals surface area contributed by atoms with Gasteiger partial charge in [0.05, 0.1) is 12.7 Å². The molecule has 0 aliphatic heterocycles. The fourth-order valence-electron chi connectivity index (χ4n) is 2.54. The van der Waals surface area contributed by atoms with Crippen LogP contribution in [0.1, 0.15) is 27.3 Å². The van der Waals surface area contributed by atoms with Crippen molar-refractivity contribution in [2.24, 2.45) is 0 Å². The molecule has 0 amide bonds. The van der Waals surface area contributed by atoms with Crippen molar-refractivity contribution in [1.82, 2.24) is 9.55 Å². The zero-order valence-electron chi connectivity index (χ0n) is 13.3. The third-order valence-corrected chi connectivity index (χ3v) is 4.27. The van der Waals surface area contributed by atoms with Crippen molar-refractivity contribution in [3.63, 3.8) is 0 Å². The van der Waals surface area contributed by atoms with Crippen LogP contribution in [0.2, 0.25) is 0 Å². The molecule has 5 heteroatoms. The van der Waals surface area contributed by atoms with Gasteiger partial charge in [0.15, 0.2) is 0 Å². The monoisotopic (exact) mass is 384 g/mol. The lowest BCUT2D eigenvalue weighted by atomic mass is 10.1. The number of ether oxygens (including phenoxy) is 1. The highest BCUT2D eigenvalue weighted by Gasteiger charge is 2.07. The third-order valence-electron chi connectivity index (χ3n) is 3.78. The number of carbonyl (C=O) groups excluding carboxylic acids is 1. The molecule has 0 bridgehead atoms. The molecule has 3 rings (SSSR count). The largest absolute Gasteiger partial charge is 0.465 e. The van der Waals surface area contributed by atoms with E-state index in [9.17, 15) is 4.79 Å². The molecular formula is C19H17BrN2O2. The highest BCUT2D eigenvalue weighted by atomic mass is 79.9. The van der Waals surface area contributed by atoms with Gasteiger partial charge >= 0.3 is 5.97 Å². The summed E-state index contributed by atoms with van der Waals surface area (Å²) >= 11 is 3.50. The zero-order valence-corrected chi connectivity index (χ0v) is 14.9. The highest BCUT2D eigenvalue weighted by Crippen LogP contribution is 2.16. The molecule has 0 unspecified atom stereocenters. The summed E-state index contributed by atoms with van der Waals surface area (Å²) in [4.78, 5) is 16.0. The molecule has 0 atom stereocenters. The van der Waals surface area contributed by atoms with Gasteiger partial charge in [0, 0.05) is 29.8 Å². The minimum atomic E-state index is -0.320. The van der Waals surface area contributed by atoms with Crippen LogP contribution in [0, 0.1) is 0 Å². The van der Waals surface area contributed by atoms with Gasteiger partial charge in [0.2, 0.25) is 0 Å². The van der Waals surface area contributed by atoms with Gasteiger partial charge in [-0.2, -0.15) is 0 Å². The summed E-state index contributed by atoms with van der Waals surface area (Å²) in [6, 6.07) is 15.7. The molecule has 2 aromatic carbocycles. The molecule has 4 nitrogen and oxygen atoms in total.